The second-order valence-corrected chi connectivity index (χ2v) is 6.27. The molecule has 0 radical (unpaired) electrons. The third-order valence-corrected chi connectivity index (χ3v) is 4.49. The van der Waals surface area contributed by atoms with Gasteiger partial charge in [-0.25, -0.2) is 4.39 Å². The number of fused-ring (bicyclic) bond motifs is 1. The largest absolute Gasteiger partial charge is 0.292 e. The van der Waals surface area contributed by atoms with Gasteiger partial charge in [-0.15, -0.1) is 10.2 Å². The van der Waals surface area contributed by atoms with E-state index in [2.05, 4.69) is 21.5 Å². The number of benzene rings is 2. The van der Waals surface area contributed by atoms with Gasteiger partial charge in [-0.1, -0.05) is 24.3 Å². The molecule has 1 aromatic heterocycles. The van der Waals surface area contributed by atoms with Crippen LogP contribution in [0.5, 0.6) is 0 Å². The smallest absolute Gasteiger partial charge is 0.205 e. The van der Waals surface area contributed by atoms with Crippen molar-refractivity contribution >= 4 is 5.78 Å². The summed E-state index contributed by atoms with van der Waals surface area (Å²) in [5.41, 5.74) is 3.82. The zero-order valence-corrected chi connectivity index (χ0v) is 13.7. The Morgan fingerprint density at radius 3 is 2.76 bits per heavy atom. The summed E-state index contributed by atoms with van der Waals surface area (Å²) in [6.45, 7) is 0.0150. The topological polar surface area (TPSA) is 60.7 Å². The molecule has 4 rings (SSSR count). The molecule has 2 aromatic carbocycles. The van der Waals surface area contributed by atoms with Crippen molar-refractivity contribution in [2.75, 3.05) is 0 Å². The van der Waals surface area contributed by atoms with Crippen molar-refractivity contribution in [3.63, 3.8) is 0 Å². The van der Waals surface area contributed by atoms with Crippen molar-refractivity contribution in [3.8, 4) is 11.4 Å². The Kier molecular flexibility index (Phi) is 4.09. The highest BCUT2D eigenvalue weighted by molar-refractivity contribution is 5.96. The van der Waals surface area contributed by atoms with Crippen LogP contribution in [0.3, 0.4) is 0 Å². The van der Waals surface area contributed by atoms with Crippen LogP contribution in [0.25, 0.3) is 11.4 Å². The Balaban J connectivity index is 1.52. The minimum atomic E-state index is -0.362. The Morgan fingerprint density at radius 1 is 1.08 bits per heavy atom. The van der Waals surface area contributed by atoms with Gasteiger partial charge in [-0.3, -0.25) is 4.79 Å². The average Bonchev–Trinajstić information content (AvgIpc) is 3.10. The van der Waals surface area contributed by atoms with Crippen LogP contribution in [-0.2, 0) is 19.4 Å². The number of halogens is 1. The number of Topliss-reactive ketones (excluding diaryl/α,β-unsaturated/α-hetero) is 1. The van der Waals surface area contributed by atoms with Crippen LogP contribution >= 0.6 is 0 Å². The van der Waals surface area contributed by atoms with E-state index in [1.165, 1.54) is 40.9 Å². The van der Waals surface area contributed by atoms with Gasteiger partial charge in [0.15, 0.2) is 5.78 Å². The van der Waals surface area contributed by atoms with Crippen molar-refractivity contribution < 1.29 is 9.18 Å². The molecule has 0 atom stereocenters. The Bertz CT molecular complexity index is 935. The number of hydrogen-bond acceptors (Lipinski definition) is 4. The molecule has 0 aliphatic heterocycles. The third-order valence-electron chi connectivity index (χ3n) is 4.49. The number of carbonyl (C=O) groups is 1. The van der Waals surface area contributed by atoms with Crippen LogP contribution < -0.4 is 0 Å². The van der Waals surface area contributed by atoms with E-state index in [9.17, 15) is 9.18 Å². The fraction of sp³-hybridized carbons (Fsp3) is 0.263. The zero-order valence-electron chi connectivity index (χ0n) is 13.7. The number of ketones is 1. The normalized spacial score (nSPS) is 13.5. The number of carbonyl (C=O) groups excluding carboxylic acids is 1. The predicted octanol–water partition coefficient (Wildman–Crippen LogP) is 3.24. The second kappa shape index (κ2) is 6.55. The van der Waals surface area contributed by atoms with E-state index in [-0.39, 0.29) is 18.1 Å². The SMILES string of the molecule is O=C(Cn1nnc(-c2cccc(F)c2)n1)c1ccc2c(c1)CCCC2. The van der Waals surface area contributed by atoms with Gasteiger partial charge >= 0.3 is 0 Å². The van der Waals surface area contributed by atoms with Gasteiger partial charge in [-0.2, -0.15) is 4.80 Å². The molecular formula is C19H17FN4O. The molecule has 0 N–H and O–H groups in total. The van der Waals surface area contributed by atoms with Crippen LogP contribution in [-0.4, -0.2) is 26.0 Å². The lowest BCUT2D eigenvalue weighted by molar-refractivity contribution is 0.0961. The molecule has 0 bridgehead atoms. The molecule has 25 heavy (non-hydrogen) atoms. The lowest BCUT2D eigenvalue weighted by Gasteiger charge is -2.16. The number of nitrogens with zero attached hydrogens (tertiary/aromatic N) is 4. The minimum absolute atomic E-state index is 0.0150. The molecule has 0 saturated heterocycles. The lowest BCUT2D eigenvalue weighted by atomic mass is 9.90. The number of aryl methyl sites for hydroxylation is 2. The molecule has 6 heteroatoms. The fourth-order valence-electron chi connectivity index (χ4n) is 3.18. The van der Waals surface area contributed by atoms with Crippen LogP contribution in [0, 0.1) is 5.82 Å². The van der Waals surface area contributed by atoms with Crippen molar-refractivity contribution in [1.29, 1.82) is 0 Å². The Morgan fingerprint density at radius 2 is 1.92 bits per heavy atom. The van der Waals surface area contributed by atoms with Crippen LogP contribution in [0.2, 0.25) is 0 Å². The van der Waals surface area contributed by atoms with Crippen LogP contribution in [0.15, 0.2) is 42.5 Å². The van der Waals surface area contributed by atoms with Crippen molar-refractivity contribution in [1.82, 2.24) is 20.2 Å². The molecule has 0 unspecified atom stereocenters. The second-order valence-electron chi connectivity index (χ2n) is 6.27. The number of rotatable bonds is 4. The first-order valence-corrected chi connectivity index (χ1v) is 8.38. The molecule has 0 saturated carbocycles. The van der Waals surface area contributed by atoms with E-state index in [0.29, 0.717) is 17.0 Å². The first-order valence-electron chi connectivity index (χ1n) is 8.38. The molecule has 0 amide bonds. The Hall–Kier alpha value is -2.89. The molecule has 0 fully saturated rings. The third kappa shape index (κ3) is 3.33. The highest BCUT2D eigenvalue weighted by atomic mass is 19.1. The average molecular weight is 336 g/mol. The van der Waals surface area contributed by atoms with E-state index < -0.39 is 0 Å². The summed E-state index contributed by atoms with van der Waals surface area (Å²) in [7, 11) is 0. The summed E-state index contributed by atoms with van der Waals surface area (Å²) in [5.74, 6) is -0.117. The van der Waals surface area contributed by atoms with Crippen molar-refractivity contribution in [2.24, 2.45) is 0 Å². The fourth-order valence-corrected chi connectivity index (χ4v) is 3.18. The molecule has 1 aliphatic carbocycles. The van der Waals surface area contributed by atoms with Crippen LogP contribution in [0.1, 0.15) is 34.3 Å². The van der Waals surface area contributed by atoms with Gasteiger partial charge in [-0.05, 0) is 60.2 Å². The summed E-state index contributed by atoms with van der Waals surface area (Å²) >= 11 is 0. The predicted molar refractivity (Wildman–Crippen MR) is 90.6 cm³/mol. The van der Waals surface area contributed by atoms with Gasteiger partial charge in [0.2, 0.25) is 5.82 Å². The van der Waals surface area contributed by atoms with Gasteiger partial charge < -0.3 is 0 Å². The molecule has 3 aromatic rings. The highest BCUT2D eigenvalue weighted by Crippen LogP contribution is 2.22. The van der Waals surface area contributed by atoms with E-state index in [1.54, 1.807) is 12.1 Å². The van der Waals surface area contributed by atoms with E-state index >= 15 is 0 Å². The number of tetrazole rings is 1. The molecule has 1 aliphatic rings. The molecule has 126 valence electrons. The first kappa shape index (κ1) is 15.6. The standard InChI is InChI=1S/C19H17FN4O/c20-17-7-3-6-16(11-17)19-21-23-24(22-19)12-18(25)15-9-8-13-4-1-2-5-14(13)10-15/h3,6-11H,1-2,4-5,12H2. The summed E-state index contributed by atoms with van der Waals surface area (Å²) in [6.07, 6.45) is 4.51. The van der Waals surface area contributed by atoms with Gasteiger partial charge in [0.1, 0.15) is 12.4 Å². The highest BCUT2D eigenvalue weighted by Gasteiger charge is 2.15. The summed E-state index contributed by atoms with van der Waals surface area (Å²) in [5, 5.41) is 12.0. The molecule has 0 spiro atoms. The molecule has 1 heterocycles. The minimum Gasteiger partial charge on any atom is -0.292 e. The van der Waals surface area contributed by atoms with Crippen molar-refractivity contribution in [2.45, 2.75) is 32.2 Å². The maximum absolute atomic E-state index is 13.3. The maximum Gasteiger partial charge on any atom is 0.205 e. The van der Waals surface area contributed by atoms with Gasteiger partial charge in [0, 0.05) is 11.1 Å². The summed E-state index contributed by atoms with van der Waals surface area (Å²) in [4.78, 5) is 13.8. The zero-order chi connectivity index (χ0) is 17.2. The lowest BCUT2D eigenvalue weighted by Crippen LogP contribution is -2.14. The van der Waals surface area contributed by atoms with E-state index in [1.807, 2.05) is 12.1 Å². The molecular weight excluding hydrogens is 319 g/mol. The molecule has 5 nitrogen and oxygen atoms in total. The first-order chi connectivity index (χ1) is 12.2. The Labute approximate surface area is 144 Å². The van der Waals surface area contributed by atoms with E-state index in [4.69, 9.17) is 0 Å². The van der Waals surface area contributed by atoms with Gasteiger partial charge in [0.05, 0.1) is 0 Å². The monoisotopic (exact) mass is 336 g/mol. The number of hydrogen-bond donors (Lipinski definition) is 0. The quantitative estimate of drug-likeness (QED) is 0.686. The summed E-state index contributed by atoms with van der Waals surface area (Å²) in [6, 6.07) is 11.9. The number of aromatic nitrogens is 4. The van der Waals surface area contributed by atoms with E-state index in [0.717, 1.165) is 12.8 Å². The summed E-state index contributed by atoms with van der Waals surface area (Å²) < 4.78 is 13.3. The van der Waals surface area contributed by atoms with Crippen molar-refractivity contribution in [3.05, 3.63) is 65.0 Å². The van der Waals surface area contributed by atoms with Gasteiger partial charge in [0.25, 0.3) is 0 Å². The maximum atomic E-state index is 13.3. The van der Waals surface area contributed by atoms with Crippen LogP contribution in [0.4, 0.5) is 4.39 Å².